The van der Waals surface area contributed by atoms with Gasteiger partial charge in [-0.05, 0) is 37.1 Å². The van der Waals surface area contributed by atoms with Crippen LogP contribution in [0.2, 0.25) is 0 Å². The molecule has 0 aliphatic heterocycles. The summed E-state index contributed by atoms with van der Waals surface area (Å²) in [6.07, 6.45) is 1.53. The summed E-state index contributed by atoms with van der Waals surface area (Å²) in [5.41, 5.74) is 6.05. The molecule has 0 bridgehead atoms. The van der Waals surface area contributed by atoms with E-state index >= 15 is 0 Å². The second-order valence-corrected chi connectivity index (χ2v) is 5.40. The number of carbonyl (C=O) groups excluding carboxylic acids is 1. The molecular formula is C17H22ClFN2O2. The van der Waals surface area contributed by atoms with Crippen LogP contribution in [-0.4, -0.2) is 18.0 Å². The molecule has 3 N–H and O–H groups in total. The molecule has 0 unspecified atom stereocenters. The van der Waals surface area contributed by atoms with Crippen LogP contribution in [0.5, 0.6) is 0 Å². The van der Waals surface area contributed by atoms with Gasteiger partial charge in [0.05, 0.1) is 5.56 Å². The van der Waals surface area contributed by atoms with Crippen molar-refractivity contribution in [1.29, 1.82) is 0 Å². The van der Waals surface area contributed by atoms with Gasteiger partial charge in [0.1, 0.15) is 11.6 Å². The lowest BCUT2D eigenvalue weighted by atomic mass is 9.94. The van der Waals surface area contributed by atoms with Crippen molar-refractivity contribution in [2.24, 2.45) is 5.73 Å². The summed E-state index contributed by atoms with van der Waals surface area (Å²) in [5, 5.41) is 2.77. The molecule has 0 spiro atoms. The van der Waals surface area contributed by atoms with Crippen molar-refractivity contribution in [3.63, 3.8) is 0 Å². The van der Waals surface area contributed by atoms with Gasteiger partial charge in [0.2, 0.25) is 0 Å². The van der Waals surface area contributed by atoms with E-state index in [9.17, 15) is 9.18 Å². The number of nitrogens with two attached hydrogens (primary N) is 1. The molecule has 0 aliphatic rings. The summed E-state index contributed by atoms with van der Waals surface area (Å²) < 4.78 is 19.2. The first-order chi connectivity index (χ1) is 10.5. The average molecular weight is 341 g/mol. The minimum absolute atomic E-state index is 0. The Morgan fingerprint density at radius 3 is 2.48 bits per heavy atom. The summed E-state index contributed by atoms with van der Waals surface area (Å²) in [5.74, 6) is -0.262. The van der Waals surface area contributed by atoms with Crippen molar-refractivity contribution >= 4 is 18.3 Å². The van der Waals surface area contributed by atoms with Gasteiger partial charge in [-0.1, -0.05) is 26.0 Å². The highest BCUT2D eigenvalue weighted by atomic mass is 35.5. The molecule has 0 atom stereocenters. The summed E-state index contributed by atoms with van der Waals surface area (Å²) in [6.45, 7) is 4.34. The van der Waals surface area contributed by atoms with E-state index in [0.29, 0.717) is 17.9 Å². The number of amides is 1. The van der Waals surface area contributed by atoms with Gasteiger partial charge in [-0.3, -0.25) is 4.79 Å². The first kappa shape index (κ1) is 19.2. The molecule has 0 saturated heterocycles. The van der Waals surface area contributed by atoms with Crippen molar-refractivity contribution < 1.29 is 13.6 Å². The fourth-order valence-corrected chi connectivity index (χ4v) is 2.11. The monoisotopic (exact) mass is 340 g/mol. The fourth-order valence-electron chi connectivity index (χ4n) is 2.11. The third-order valence-corrected chi connectivity index (χ3v) is 3.98. The molecule has 6 heteroatoms. The minimum Gasteiger partial charge on any atom is -0.451 e. The maximum absolute atomic E-state index is 13.7. The molecule has 2 aromatic rings. The normalized spacial score (nSPS) is 11.0. The lowest BCUT2D eigenvalue weighted by molar-refractivity contribution is 0.0915. The quantitative estimate of drug-likeness (QED) is 0.841. The molecule has 4 nitrogen and oxygen atoms in total. The van der Waals surface area contributed by atoms with E-state index in [1.165, 1.54) is 12.1 Å². The Morgan fingerprint density at radius 2 is 1.87 bits per heavy atom. The van der Waals surface area contributed by atoms with Crippen molar-refractivity contribution in [1.82, 2.24) is 5.32 Å². The molecule has 1 amide bonds. The van der Waals surface area contributed by atoms with Crippen LogP contribution in [0.3, 0.4) is 0 Å². The third-order valence-electron chi connectivity index (χ3n) is 3.98. The summed E-state index contributed by atoms with van der Waals surface area (Å²) >= 11 is 0. The van der Waals surface area contributed by atoms with Gasteiger partial charge in [0.15, 0.2) is 5.76 Å². The predicted molar refractivity (Wildman–Crippen MR) is 91.2 cm³/mol. The molecule has 1 aromatic carbocycles. The zero-order chi connectivity index (χ0) is 16.2. The number of hydrogen-bond donors (Lipinski definition) is 2. The highest BCUT2D eigenvalue weighted by Crippen LogP contribution is 2.24. The standard InChI is InChI=1S/C17H21FN2O2.ClH/c1-3-17(19,4-2)11-20-16(21)15-10-9-14(22-15)12-7-5-6-8-13(12)18;/h5-10H,3-4,11,19H2,1-2H3,(H,20,21);1H. The molecule has 0 fully saturated rings. The first-order valence-electron chi connectivity index (χ1n) is 7.41. The molecule has 23 heavy (non-hydrogen) atoms. The van der Waals surface area contributed by atoms with Gasteiger partial charge in [-0.15, -0.1) is 12.4 Å². The molecule has 1 aromatic heterocycles. The van der Waals surface area contributed by atoms with E-state index in [4.69, 9.17) is 10.2 Å². The lowest BCUT2D eigenvalue weighted by Crippen LogP contribution is -2.49. The van der Waals surface area contributed by atoms with Gasteiger partial charge in [-0.2, -0.15) is 0 Å². The number of furan rings is 1. The van der Waals surface area contributed by atoms with Gasteiger partial charge in [0, 0.05) is 12.1 Å². The van der Waals surface area contributed by atoms with Crippen LogP contribution in [0.4, 0.5) is 4.39 Å². The van der Waals surface area contributed by atoms with E-state index in [1.807, 2.05) is 13.8 Å². The topological polar surface area (TPSA) is 68.3 Å². The summed E-state index contributed by atoms with van der Waals surface area (Å²) in [4.78, 5) is 12.1. The number of hydrogen-bond acceptors (Lipinski definition) is 3. The number of benzene rings is 1. The van der Waals surface area contributed by atoms with E-state index in [1.54, 1.807) is 24.3 Å². The first-order valence-corrected chi connectivity index (χ1v) is 7.41. The Balaban J connectivity index is 0.00000264. The molecule has 0 saturated carbocycles. The van der Waals surface area contributed by atoms with Gasteiger partial charge in [0.25, 0.3) is 5.91 Å². The number of halogens is 2. The van der Waals surface area contributed by atoms with Crippen LogP contribution in [0.15, 0.2) is 40.8 Å². The van der Waals surface area contributed by atoms with Gasteiger partial charge >= 0.3 is 0 Å². The average Bonchev–Trinajstić information content (AvgIpc) is 3.02. The van der Waals surface area contributed by atoms with Crippen LogP contribution in [0.25, 0.3) is 11.3 Å². The minimum atomic E-state index is -0.420. The Kier molecular flexibility index (Phi) is 6.79. The molecule has 2 rings (SSSR count). The molecule has 1 heterocycles. The van der Waals surface area contributed by atoms with E-state index in [2.05, 4.69) is 5.32 Å². The third kappa shape index (κ3) is 4.56. The van der Waals surface area contributed by atoms with E-state index in [0.717, 1.165) is 12.8 Å². The Labute approximate surface area is 141 Å². The molecule has 126 valence electrons. The van der Waals surface area contributed by atoms with E-state index < -0.39 is 5.54 Å². The van der Waals surface area contributed by atoms with Gasteiger partial charge < -0.3 is 15.5 Å². The Hall–Kier alpha value is -1.85. The second kappa shape index (κ2) is 8.13. The number of rotatable bonds is 6. The SMILES string of the molecule is CCC(N)(CC)CNC(=O)c1ccc(-c2ccccc2F)o1.Cl. The van der Waals surface area contributed by atoms with Crippen molar-refractivity contribution in [2.45, 2.75) is 32.2 Å². The van der Waals surface area contributed by atoms with Crippen molar-refractivity contribution in [3.05, 3.63) is 48.0 Å². The second-order valence-electron chi connectivity index (χ2n) is 5.40. The van der Waals surface area contributed by atoms with Crippen molar-refractivity contribution in [2.75, 3.05) is 6.54 Å². The molecule has 0 radical (unpaired) electrons. The van der Waals surface area contributed by atoms with E-state index in [-0.39, 0.29) is 29.9 Å². The maximum atomic E-state index is 13.7. The highest BCUT2D eigenvalue weighted by Gasteiger charge is 2.22. The van der Waals surface area contributed by atoms with Crippen LogP contribution in [0, 0.1) is 5.82 Å². The van der Waals surface area contributed by atoms with Crippen LogP contribution < -0.4 is 11.1 Å². The molecular weight excluding hydrogens is 319 g/mol. The highest BCUT2D eigenvalue weighted by molar-refractivity contribution is 5.92. The largest absolute Gasteiger partial charge is 0.451 e. The van der Waals surface area contributed by atoms with Crippen LogP contribution in [-0.2, 0) is 0 Å². The molecule has 0 aliphatic carbocycles. The van der Waals surface area contributed by atoms with Crippen LogP contribution >= 0.6 is 12.4 Å². The predicted octanol–water partition coefficient (Wildman–Crippen LogP) is 3.75. The summed E-state index contributed by atoms with van der Waals surface area (Å²) in [6, 6.07) is 9.39. The van der Waals surface area contributed by atoms with Crippen LogP contribution in [0.1, 0.15) is 37.2 Å². The number of carbonyl (C=O) groups is 1. The smallest absolute Gasteiger partial charge is 0.287 e. The Morgan fingerprint density at radius 1 is 1.22 bits per heavy atom. The zero-order valence-corrected chi connectivity index (χ0v) is 14.1. The lowest BCUT2D eigenvalue weighted by Gasteiger charge is -2.26. The summed E-state index contributed by atoms with van der Waals surface area (Å²) in [7, 11) is 0. The zero-order valence-electron chi connectivity index (χ0n) is 13.3. The fraction of sp³-hybridized carbons (Fsp3) is 0.353. The Bertz CT molecular complexity index is 654. The van der Waals surface area contributed by atoms with Crippen molar-refractivity contribution in [3.8, 4) is 11.3 Å². The maximum Gasteiger partial charge on any atom is 0.287 e. The number of nitrogens with one attached hydrogen (secondary N) is 1. The van der Waals surface area contributed by atoms with Gasteiger partial charge in [-0.25, -0.2) is 4.39 Å².